The maximum atomic E-state index is 13.2. The van der Waals surface area contributed by atoms with E-state index in [-0.39, 0.29) is 5.78 Å². The van der Waals surface area contributed by atoms with Crippen LogP contribution in [0.4, 0.5) is 0 Å². The molecule has 148 valence electrons. The lowest BCUT2D eigenvalue weighted by molar-refractivity contribution is -0.108. The van der Waals surface area contributed by atoms with Gasteiger partial charge in [0.25, 0.3) is 0 Å². The first-order valence-corrected chi connectivity index (χ1v) is 9.01. The molecule has 3 rings (SSSR count). The second-order valence-electron chi connectivity index (χ2n) is 6.78. The number of aldehydes is 1. The monoisotopic (exact) mass is 384 g/mol. The van der Waals surface area contributed by atoms with Crippen molar-refractivity contribution < 1.29 is 23.8 Å². The molecule has 0 radical (unpaired) electrons. The first kappa shape index (κ1) is 19.8. The number of ether oxygens (including phenoxy) is 3. The molecule has 2 unspecified atom stereocenters. The summed E-state index contributed by atoms with van der Waals surface area (Å²) >= 11 is 0. The molecule has 1 aliphatic heterocycles. The second-order valence-corrected chi connectivity index (χ2v) is 6.78. The summed E-state index contributed by atoms with van der Waals surface area (Å²) in [6.07, 6.45) is 3.38. The van der Waals surface area contributed by atoms with Gasteiger partial charge in [-0.2, -0.15) is 0 Å². The van der Waals surface area contributed by atoms with Gasteiger partial charge < -0.3 is 24.3 Å². The summed E-state index contributed by atoms with van der Waals surface area (Å²) in [5.74, 6) is 1.19. The Morgan fingerprint density at radius 3 is 2.46 bits per heavy atom. The van der Waals surface area contributed by atoms with Crippen LogP contribution in [-0.2, 0) is 10.2 Å². The lowest BCUT2D eigenvalue weighted by Gasteiger charge is -2.25. The van der Waals surface area contributed by atoms with Crippen molar-refractivity contribution in [1.82, 2.24) is 10.3 Å². The van der Waals surface area contributed by atoms with E-state index in [0.29, 0.717) is 42.2 Å². The van der Waals surface area contributed by atoms with E-state index in [9.17, 15) is 9.59 Å². The van der Waals surface area contributed by atoms with Crippen molar-refractivity contribution in [2.45, 2.75) is 24.3 Å². The Morgan fingerprint density at radius 1 is 1.21 bits per heavy atom. The molecule has 1 aromatic carbocycles. The SMILES string of the molecule is COc1cc(C(=O)C2CC(CC=O)(c3ccccn3)CN2)cc(OC)c1OC. The summed E-state index contributed by atoms with van der Waals surface area (Å²) in [6, 6.07) is 8.47. The maximum Gasteiger partial charge on any atom is 0.203 e. The molecule has 0 amide bonds. The summed E-state index contributed by atoms with van der Waals surface area (Å²) < 4.78 is 16.0. The van der Waals surface area contributed by atoms with E-state index in [0.717, 1.165) is 12.0 Å². The van der Waals surface area contributed by atoms with Crippen LogP contribution in [0.3, 0.4) is 0 Å². The van der Waals surface area contributed by atoms with Gasteiger partial charge >= 0.3 is 0 Å². The largest absolute Gasteiger partial charge is 0.493 e. The van der Waals surface area contributed by atoms with E-state index < -0.39 is 11.5 Å². The number of Topliss-reactive ketones (excluding diaryl/α,β-unsaturated/α-hetero) is 1. The minimum absolute atomic E-state index is 0.0945. The highest BCUT2D eigenvalue weighted by atomic mass is 16.5. The smallest absolute Gasteiger partial charge is 0.203 e. The molecule has 1 fully saturated rings. The van der Waals surface area contributed by atoms with Crippen molar-refractivity contribution in [2.24, 2.45) is 0 Å². The van der Waals surface area contributed by atoms with Crippen molar-refractivity contribution in [3.63, 3.8) is 0 Å². The average molecular weight is 384 g/mol. The van der Waals surface area contributed by atoms with Gasteiger partial charge in [0.1, 0.15) is 6.29 Å². The standard InChI is InChI=1S/C21H24N2O5/c1-26-16-10-14(11-17(27-2)20(16)28-3)19(25)15-12-21(7-9-24,13-23-15)18-6-4-5-8-22-18/h4-6,8-11,15,23H,7,12-13H2,1-3H3. The van der Waals surface area contributed by atoms with Gasteiger partial charge in [0.2, 0.25) is 5.75 Å². The van der Waals surface area contributed by atoms with Crippen LogP contribution in [0.1, 0.15) is 28.9 Å². The maximum absolute atomic E-state index is 13.2. The summed E-state index contributed by atoms with van der Waals surface area (Å²) in [6.45, 7) is 0.504. The minimum Gasteiger partial charge on any atom is -0.493 e. The van der Waals surface area contributed by atoms with Crippen molar-refractivity contribution in [2.75, 3.05) is 27.9 Å². The van der Waals surface area contributed by atoms with Crippen LogP contribution in [-0.4, -0.2) is 51.0 Å². The van der Waals surface area contributed by atoms with Gasteiger partial charge in [0, 0.05) is 35.8 Å². The Balaban J connectivity index is 1.91. The van der Waals surface area contributed by atoms with E-state index >= 15 is 0 Å². The van der Waals surface area contributed by atoms with Crippen molar-refractivity contribution >= 4 is 12.1 Å². The fourth-order valence-electron chi connectivity index (χ4n) is 3.75. The number of pyridine rings is 1. The van der Waals surface area contributed by atoms with Gasteiger partial charge in [0.15, 0.2) is 17.3 Å². The zero-order chi connectivity index (χ0) is 20.1. The van der Waals surface area contributed by atoms with Crippen LogP contribution in [0, 0.1) is 0 Å². The van der Waals surface area contributed by atoms with E-state index in [1.54, 1.807) is 18.3 Å². The summed E-state index contributed by atoms with van der Waals surface area (Å²) in [5.41, 5.74) is 0.772. The van der Waals surface area contributed by atoms with Gasteiger partial charge in [-0.15, -0.1) is 0 Å². The van der Waals surface area contributed by atoms with Gasteiger partial charge in [0.05, 0.1) is 27.4 Å². The molecule has 1 aliphatic rings. The van der Waals surface area contributed by atoms with Crippen LogP contribution < -0.4 is 19.5 Å². The molecule has 2 aromatic rings. The molecule has 0 saturated carbocycles. The van der Waals surface area contributed by atoms with E-state index in [4.69, 9.17) is 14.2 Å². The highest BCUT2D eigenvalue weighted by molar-refractivity contribution is 6.01. The van der Waals surface area contributed by atoms with Crippen molar-refractivity contribution in [3.05, 3.63) is 47.8 Å². The fourth-order valence-corrected chi connectivity index (χ4v) is 3.75. The predicted octanol–water partition coefficient (Wildman–Crippen LogP) is 2.18. The molecule has 28 heavy (non-hydrogen) atoms. The van der Waals surface area contributed by atoms with Gasteiger partial charge in [-0.1, -0.05) is 6.07 Å². The van der Waals surface area contributed by atoms with E-state index in [1.807, 2.05) is 18.2 Å². The van der Waals surface area contributed by atoms with Crippen LogP contribution in [0.2, 0.25) is 0 Å². The number of hydrogen-bond acceptors (Lipinski definition) is 7. The molecule has 2 atom stereocenters. The molecule has 0 spiro atoms. The van der Waals surface area contributed by atoms with Crippen molar-refractivity contribution in [3.8, 4) is 17.2 Å². The number of hydrogen-bond donors (Lipinski definition) is 1. The molecule has 0 bridgehead atoms. The normalized spacial score (nSPS) is 21.2. The van der Waals surface area contributed by atoms with Gasteiger partial charge in [-0.3, -0.25) is 9.78 Å². The number of carbonyl (C=O) groups is 2. The quantitative estimate of drug-likeness (QED) is 0.551. The Hall–Kier alpha value is -2.93. The zero-order valence-electron chi connectivity index (χ0n) is 16.2. The van der Waals surface area contributed by atoms with E-state index in [1.165, 1.54) is 21.3 Å². The Labute approximate surface area is 164 Å². The molecule has 7 heteroatoms. The highest BCUT2D eigenvalue weighted by Gasteiger charge is 2.44. The number of rotatable bonds is 8. The van der Waals surface area contributed by atoms with Gasteiger partial charge in [-0.05, 0) is 30.7 Å². The lowest BCUT2D eigenvalue weighted by Crippen LogP contribution is -2.31. The van der Waals surface area contributed by atoms with Crippen molar-refractivity contribution in [1.29, 1.82) is 0 Å². The lowest BCUT2D eigenvalue weighted by atomic mass is 9.78. The molecule has 1 saturated heterocycles. The van der Waals surface area contributed by atoms with Crippen LogP contribution >= 0.6 is 0 Å². The number of carbonyl (C=O) groups excluding carboxylic acids is 2. The number of aromatic nitrogens is 1. The Morgan fingerprint density at radius 2 is 1.93 bits per heavy atom. The molecule has 0 aliphatic carbocycles. The minimum atomic E-state index is -0.496. The average Bonchev–Trinajstić information content (AvgIpc) is 3.18. The highest BCUT2D eigenvalue weighted by Crippen LogP contribution is 2.40. The topological polar surface area (TPSA) is 86.8 Å². The summed E-state index contributed by atoms with van der Waals surface area (Å²) in [4.78, 5) is 28.9. The molecule has 1 aromatic heterocycles. The number of ketones is 1. The molecule has 7 nitrogen and oxygen atoms in total. The number of benzene rings is 1. The Bertz CT molecular complexity index is 830. The summed E-state index contributed by atoms with van der Waals surface area (Å²) in [5, 5.41) is 3.27. The van der Waals surface area contributed by atoms with Crippen LogP contribution in [0.5, 0.6) is 17.2 Å². The fraction of sp³-hybridized carbons (Fsp3) is 0.381. The Kier molecular flexibility index (Phi) is 5.94. The molecule has 2 heterocycles. The third-order valence-electron chi connectivity index (χ3n) is 5.23. The number of nitrogens with one attached hydrogen (secondary N) is 1. The molecular weight excluding hydrogens is 360 g/mol. The van der Waals surface area contributed by atoms with Crippen LogP contribution in [0.25, 0.3) is 0 Å². The number of nitrogens with zero attached hydrogens (tertiary/aromatic N) is 1. The summed E-state index contributed by atoms with van der Waals surface area (Å²) in [7, 11) is 4.53. The first-order chi connectivity index (χ1) is 13.6. The zero-order valence-corrected chi connectivity index (χ0v) is 16.2. The van der Waals surface area contributed by atoms with Gasteiger partial charge in [-0.25, -0.2) is 0 Å². The van der Waals surface area contributed by atoms with Crippen LogP contribution in [0.15, 0.2) is 36.5 Å². The number of methoxy groups -OCH3 is 3. The second kappa shape index (κ2) is 8.39. The predicted molar refractivity (Wildman–Crippen MR) is 103 cm³/mol. The third-order valence-corrected chi connectivity index (χ3v) is 5.23. The third kappa shape index (κ3) is 3.57. The first-order valence-electron chi connectivity index (χ1n) is 9.01. The molecular formula is C21H24N2O5. The molecule has 1 N–H and O–H groups in total. The van der Waals surface area contributed by atoms with E-state index in [2.05, 4.69) is 10.3 Å².